The Kier molecular flexibility index (Phi) is 4.52. The number of piperazine rings is 1. The zero-order chi connectivity index (χ0) is 20.3. The van der Waals surface area contributed by atoms with Crippen LogP contribution in [0, 0.1) is 0 Å². The Balaban J connectivity index is 1.51. The van der Waals surface area contributed by atoms with Crippen molar-refractivity contribution in [3.05, 3.63) is 23.8 Å². The van der Waals surface area contributed by atoms with Crippen LogP contribution in [0.3, 0.4) is 0 Å². The van der Waals surface area contributed by atoms with Crippen molar-refractivity contribution < 1.29 is 18.0 Å². The molecule has 1 N–H and O–H groups in total. The van der Waals surface area contributed by atoms with Gasteiger partial charge in [0, 0.05) is 45.5 Å². The van der Waals surface area contributed by atoms with Gasteiger partial charge in [0.1, 0.15) is 0 Å². The van der Waals surface area contributed by atoms with Crippen molar-refractivity contribution in [2.45, 2.75) is 36.6 Å². The summed E-state index contributed by atoms with van der Waals surface area (Å²) in [4.78, 5) is 28.4. The van der Waals surface area contributed by atoms with Gasteiger partial charge in [0.2, 0.25) is 21.8 Å². The van der Waals surface area contributed by atoms with Crippen LogP contribution in [0.4, 0.5) is 5.69 Å². The quantitative estimate of drug-likeness (QED) is 0.787. The standard InChI is InChI=1S/C19H26N4O4S/c1-19(2)14-12-13(4-5-15(14)20-18(19)25)28(26,27)23-10-8-22(9-11-23)16-6-7-21(3)17(16)24/h4-5,12,16H,6-11H2,1-3H3,(H,20,25). The van der Waals surface area contributed by atoms with Crippen LogP contribution in [0.2, 0.25) is 0 Å². The summed E-state index contributed by atoms with van der Waals surface area (Å²) < 4.78 is 27.8. The summed E-state index contributed by atoms with van der Waals surface area (Å²) in [6.07, 6.45) is 0.795. The van der Waals surface area contributed by atoms with Gasteiger partial charge in [-0.3, -0.25) is 14.5 Å². The van der Waals surface area contributed by atoms with Gasteiger partial charge in [0.15, 0.2) is 0 Å². The number of carbonyl (C=O) groups is 2. The van der Waals surface area contributed by atoms with Gasteiger partial charge in [-0.2, -0.15) is 4.31 Å². The minimum absolute atomic E-state index is 0.120. The fourth-order valence-corrected chi connectivity index (χ4v) is 5.71. The number of fused-ring (bicyclic) bond motifs is 1. The molecule has 2 saturated heterocycles. The number of anilines is 1. The molecule has 0 radical (unpaired) electrons. The molecule has 2 fully saturated rings. The predicted octanol–water partition coefficient (Wildman–Crippen LogP) is 0.453. The van der Waals surface area contributed by atoms with Crippen LogP contribution >= 0.6 is 0 Å². The minimum atomic E-state index is -3.65. The van der Waals surface area contributed by atoms with Gasteiger partial charge in [-0.15, -0.1) is 0 Å². The molecule has 1 unspecified atom stereocenters. The molecule has 2 amide bonds. The first-order valence-corrected chi connectivity index (χ1v) is 11.0. The maximum atomic E-state index is 13.2. The lowest BCUT2D eigenvalue weighted by Crippen LogP contribution is -2.53. The number of likely N-dealkylation sites (tertiary alicyclic amines) is 1. The second-order valence-corrected chi connectivity index (χ2v) is 10.2. The molecule has 9 heteroatoms. The fourth-order valence-electron chi connectivity index (χ4n) is 4.26. The normalized spacial score (nSPS) is 25.8. The van der Waals surface area contributed by atoms with Crippen molar-refractivity contribution in [1.82, 2.24) is 14.1 Å². The number of hydrogen-bond donors (Lipinski definition) is 1. The van der Waals surface area contributed by atoms with Gasteiger partial charge in [0.25, 0.3) is 0 Å². The number of sulfonamides is 1. The van der Waals surface area contributed by atoms with Crippen LogP contribution in [0.5, 0.6) is 0 Å². The molecule has 3 aliphatic rings. The Labute approximate surface area is 165 Å². The van der Waals surface area contributed by atoms with Gasteiger partial charge in [-0.25, -0.2) is 8.42 Å². The summed E-state index contributed by atoms with van der Waals surface area (Å²) >= 11 is 0. The molecule has 3 aliphatic heterocycles. The minimum Gasteiger partial charge on any atom is -0.344 e. The summed E-state index contributed by atoms with van der Waals surface area (Å²) in [6.45, 7) is 6.12. The maximum absolute atomic E-state index is 13.2. The lowest BCUT2D eigenvalue weighted by atomic mass is 9.86. The molecule has 0 aromatic heterocycles. The van der Waals surface area contributed by atoms with E-state index in [9.17, 15) is 18.0 Å². The molecule has 1 atom stereocenters. The van der Waals surface area contributed by atoms with Crippen molar-refractivity contribution in [2.75, 3.05) is 45.1 Å². The highest BCUT2D eigenvalue weighted by molar-refractivity contribution is 7.89. The van der Waals surface area contributed by atoms with Crippen LogP contribution in [0.15, 0.2) is 23.1 Å². The maximum Gasteiger partial charge on any atom is 0.243 e. The monoisotopic (exact) mass is 406 g/mol. The first-order chi connectivity index (χ1) is 13.1. The molecule has 3 heterocycles. The second-order valence-electron chi connectivity index (χ2n) is 8.29. The second kappa shape index (κ2) is 6.53. The summed E-state index contributed by atoms with van der Waals surface area (Å²) in [5, 5.41) is 2.80. The number of benzene rings is 1. The van der Waals surface area contributed by atoms with E-state index in [0.717, 1.165) is 13.0 Å². The molecular formula is C19H26N4O4S. The van der Waals surface area contributed by atoms with Crippen LogP contribution in [0.1, 0.15) is 25.8 Å². The molecule has 28 heavy (non-hydrogen) atoms. The zero-order valence-electron chi connectivity index (χ0n) is 16.4. The molecule has 8 nitrogen and oxygen atoms in total. The van der Waals surface area contributed by atoms with Gasteiger partial charge < -0.3 is 10.2 Å². The fraction of sp³-hybridized carbons (Fsp3) is 0.579. The molecule has 1 aromatic rings. The lowest BCUT2D eigenvalue weighted by molar-refractivity contribution is -0.131. The highest BCUT2D eigenvalue weighted by Gasteiger charge is 2.41. The molecule has 0 saturated carbocycles. The van der Waals surface area contributed by atoms with Gasteiger partial charge in [-0.1, -0.05) is 0 Å². The summed E-state index contributed by atoms with van der Waals surface area (Å²) in [6, 6.07) is 4.70. The van der Waals surface area contributed by atoms with Crippen LogP contribution in [0.25, 0.3) is 0 Å². The number of likely N-dealkylation sites (N-methyl/N-ethyl adjacent to an activating group) is 1. The van der Waals surface area contributed by atoms with Crippen molar-refractivity contribution in [3.63, 3.8) is 0 Å². The summed E-state index contributed by atoms with van der Waals surface area (Å²) in [5.74, 6) is -0.00816. The molecule has 0 aliphatic carbocycles. The number of nitrogens with zero attached hydrogens (tertiary/aromatic N) is 3. The van der Waals surface area contributed by atoms with Crippen LogP contribution in [-0.2, 0) is 25.0 Å². The summed E-state index contributed by atoms with van der Waals surface area (Å²) in [5.41, 5.74) is 0.619. The highest BCUT2D eigenvalue weighted by Crippen LogP contribution is 2.39. The van der Waals surface area contributed by atoms with Crippen molar-refractivity contribution in [2.24, 2.45) is 0 Å². The molecule has 1 aromatic carbocycles. The first kappa shape index (κ1) is 19.4. The van der Waals surface area contributed by atoms with Crippen molar-refractivity contribution in [1.29, 1.82) is 0 Å². The van der Waals surface area contributed by atoms with E-state index in [1.807, 2.05) is 0 Å². The third-order valence-corrected chi connectivity index (χ3v) is 8.13. The Morgan fingerprint density at radius 2 is 1.75 bits per heavy atom. The number of carbonyl (C=O) groups excluding carboxylic acids is 2. The van der Waals surface area contributed by atoms with Gasteiger partial charge in [-0.05, 0) is 44.0 Å². The lowest BCUT2D eigenvalue weighted by Gasteiger charge is -2.36. The van der Waals surface area contributed by atoms with Gasteiger partial charge in [0.05, 0.1) is 16.4 Å². The smallest absolute Gasteiger partial charge is 0.243 e. The third kappa shape index (κ3) is 2.92. The number of rotatable bonds is 3. The SMILES string of the molecule is CN1CCC(N2CCN(S(=O)(=O)c3ccc4c(c3)C(C)(C)C(=O)N4)CC2)C1=O. The number of nitrogens with one attached hydrogen (secondary N) is 1. The average molecular weight is 407 g/mol. The van der Waals surface area contributed by atoms with Crippen LogP contribution in [-0.4, -0.2) is 80.2 Å². The van der Waals surface area contributed by atoms with E-state index in [2.05, 4.69) is 10.2 Å². The Hall–Kier alpha value is -1.97. The zero-order valence-corrected chi connectivity index (χ0v) is 17.3. The van der Waals surface area contributed by atoms with Crippen LogP contribution < -0.4 is 5.32 Å². The van der Waals surface area contributed by atoms with E-state index >= 15 is 0 Å². The van der Waals surface area contributed by atoms with E-state index in [-0.39, 0.29) is 22.8 Å². The Morgan fingerprint density at radius 3 is 2.36 bits per heavy atom. The van der Waals surface area contributed by atoms with Crippen molar-refractivity contribution in [3.8, 4) is 0 Å². The first-order valence-electron chi connectivity index (χ1n) is 9.57. The Morgan fingerprint density at radius 1 is 1.07 bits per heavy atom. The van der Waals surface area contributed by atoms with Crippen molar-refractivity contribution >= 4 is 27.5 Å². The Bertz CT molecular complexity index is 935. The topological polar surface area (TPSA) is 90.0 Å². The van der Waals surface area contributed by atoms with E-state index in [1.165, 1.54) is 4.31 Å². The van der Waals surface area contributed by atoms with Gasteiger partial charge >= 0.3 is 0 Å². The van der Waals surface area contributed by atoms with E-state index in [1.54, 1.807) is 44.0 Å². The predicted molar refractivity (Wildman–Crippen MR) is 104 cm³/mol. The third-order valence-electron chi connectivity index (χ3n) is 6.23. The van der Waals surface area contributed by atoms with E-state index in [0.29, 0.717) is 37.4 Å². The molecule has 0 bridgehead atoms. The average Bonchev–Trinajstić information content (AvgIpc) is 3.11. The summed E-state index contributed by atoms with van der Waals surface area (Å²) in [7, 11) is -1.85. The number of hydrogen-bond acceptors (Lipinski definition) is 5. The molecule has 0 spiro atoms. The van der Waals surface area contributed by atoms with E-state index < -0.39 is 15.4 Å². The highest BCUT2D eigenvalue weighted by atomic mass is 32.2. The molecule has 152 valence electrons. The largest absolute Gasteiger partial charge is 0.344 e. The molecule has 4 rings (SSSR count). The van der Waals surface area contributed by atoms with E-state index in [4.69, 9.17) is 0 Å². The number of amides is 2. The molecular weight excluding hydrogens is 380 g/mol.